The smallest absolute Gasteiger partial charge is 0.244 e. The van der Waals surface area contributed by atoms with Gasteiger partial charge in [-0.25, -0.2) is 13.4 Å². The summed E-state index contributed by atoms with van der Waals surface area (Å²) in [4.78, 5) is 4.13. The topological polar surface area (TPSA) is 105 Å². The Bertz CT molecular complexity index is 834. The second-order valence-electron chi connectivity index (χ2n) is 4.74. The largest absolute Gasteiger partial charge is 0.399 e. The van der Waals surface area contributed by atoms with Gasteiger partial charge in [-0.1, -0.05) is 0 Å². The van der Waals surface area contributed by atoms with Crippen LogP contribution in [0.25, 0.3) is 0 Å². The van der Waals surface area contributed by atoms with Crippen LogP contribution in [0.2, 0.25) is 0 Å². The van der Waals surface area contributed by atoms with E-state index >= 15 is 0 Å². The zero-order valence-electron chi connectivity index (χ0n) is 11.1. The third kappa shape index (κ3) is 2.26. The lowest BCUT2D eigenvalue weighted by Crippen LogP contribution is -2.38. The van der Waals surface area contributed by atoms with Crippen molar-refractivity contribution in [3.63, 3.8) is 0 Å². The van der Waals surface area contributed by atoms with E-state index in [2.05, 4.69) is 4.98 Å². The molecule has 0 spiro atoms. The monoisotopic (exact) mass is 303 g/mol. The number of hydrogen-bond acceptors (Lipinski definition) is 5. The van der Waals surface area contributed by atoms with Crippen molar-refractivity contribution < 1.29 is 8.42 Å². The Labute approximate surface area is 122 Å². The number of anilines is 1. The highest BCUT2D eigenvalue weighted by Gasteiger charge is 2.30. The average Bonchev–Trinajstić information content (AvgIpc) is 2.94. The van der Waals surface area contributed by atoms with Crippen LogP contribution in [0.5, 0.6) is 0 Å². The molecule has 3 rings (SSSR count). The number of nitrogen functional groups attached to an aromatic ring is 1. The van der Waals surface area contributed by atoms with E-state index in [0.717, 1.165) is 0 Å². The lowest BCUT2D eigenvalue weighted by atomic mass is 10.2. The molecule has 1 aliphatic heterocycles. The molecular formula is C13H13N5O2S. The molecule has 2 N–H and O–H groups in total. The predicted molar refractivity (Wildman–Crippen MR) is 75.4 cm³/mol. The fourth-order valence-corrected chi connectivity index (χ4v) is 3.86. The minimum absolute atomic E-state index is 0.0146. The van der Waals surface area contributed by atoms with Crippen molar-refractivity contribution >= 4 is 15.7 Å². The summed E-state index contributed by atoms with van der Waals surface area (Å²) in [5.74, 6) is 0.693. The average molecular weight is 303 g/mol. The first kappa shape index (κ1) is 13.6. The summed E-state index contributed by atoms with van der Waals surface area (Å²) in [6.45, 7) is 1.09. The summed E-state index contributed by atoms with van der Waals surface area (Å²) < 4.78 is 28.7. The van der Waals surface area contributed by atoms with Crippen molar-refractivity contribution in [3.05, 3.63) is 42.0 Å². The van der Waals surface area contributed by atoms with E-state index in [1.54, 1.807) is 6.20 Å². The number of imidazole rings is 1. The van der Waals surface area contributed by atoms with Crippen LogP contribution in [0.1, 0.15) is 11.4 Å². The quantitative estimate of drug-likeness (QED) is 0.815. The van der Waals surface area contributed by atoms with E-state index in [-0.39, 0.29) is 17.0 Å². The fourth-order valence-electron chi connectivity index (χ4n) is 2.36. The number of hydrogen-bond donors (Lipinski definition) is 1. The normalized spacial score (nSPS) is 15.4. The second kappa shape index (κ2) is 4.87. The lowest BCUT2D eigenvalue weighted by Gasteiger charge is -2.27. The zero-order chi connectivity index (χ0) is 15.0. The molecule has 0 saturated heterocycles. The van der Waals surface area contributed by atoms with Gasteiger partial charge in [0.25, 0.3) is 0 Å². The van der Waals surface area contributed by atoms with E-state index in [4.69, 9.17) is 11.0 Å². The molecule has 0 aliphatic carbocycles. The van der Waals surface area contributed by atoms with Crippen molar-refractivity contribution in [1.82, 2.24) is 13.9 Å². The summed E-state index contributed by atoms with van der Waals surface area (Å²) in [6, 6.07) is 6.13. The van der Waals surface area contributed by atoms with Crippen LogP contribution < -0.4 is 5.73 Å². The first-order valence-electron chi connectivity index (χ1n) is 6.32. The molecule has 0 atom stereocenters. The van der Waals surface area contributed by atoms with Gasteiger partial charge in [-0.2, -0.15) is 9.57 Å². The molecule has 0 saturated carbocycles. The number of benzene rings is 1. The number of sulfonamides is 1. The molecule has 0 amide bonds. The molecule has 8 heteroatoms. The van der Waals surface area contributed by atoms with Crippen molar-refractivity contribution in [2.24, 2.45) is 0 Å². The Morgan fingerprint density at radius 1 is 1.33 bits per heavy atom. The second-order valence-corrected chi connectivity index (χ2v) is 6.65. The summed E-state index contributed by atoms with van der Waals surface area (Å²) in [6.07, 6.45) is 3.47. The minimum Gasteiger partial charge on any atom is -0.399 e. The summed E-state index contributed by atoms with van der Waals surface area (Å²) in [5.41, 5.74) is 6.02. The van der Waals surface area contributed by atoms with Gasteiger partial charge < -0.3 is 10.3 Å². The molecule has 7 nitrogen and oxygen atoms in total. The molecule has 1 aromatic heterocycles. The molecule has 0 fully saturated rings. The van der Waals surface area contributed by atoms with Gasteiger partial charge in [-0.3, -0.25) is 0 Å². The number of fused-ring (bicyclic) bond motifs is 1. The summed E-state index contributed by atoms with van der Waals surface area (Å²) >= 11 is 0. The Balaban J connectivity index is 2.01. The number of rotatable bonds is 2. The summed E-state index contributed by atoms with van der Waals surface area (Å²) in [5, 5.41) is 9.12. The number of aromatic nitrogens is 2. The first-order valence-corrected chi connectivity index (χ1v) is 7.76. The van der Waals surface area contributed by atoms with Crippen LogP contribution in [0.3, 0.4) is 0 Å². The number of nitrogens with zero attached hydrogens (tertiary/aromatic N) is 4. The highest BCUT2D eigenvalue weighted by atomic mass is 32.2. The van der Waals surface area contributed by atoms with Gasteiger partial charge in [0.2, 0.25) is 10.0 Å². The Hall–Kier alpha value is -2.37. The SMILES string of the molecule is N#Cc1cc(N)ccc1S(=O)(=O)N1CCn2ccnc2C1. The first-order chi connectivity index (χ1) is 10.0. The van der Waals surface area contributed by atoms with Gasteiger partial charge in [0.1, 0.15) is 16.8 Å². The number of nitrogens with two attached hydrogens (primary N) is 1. The minimum atomic E-state index is -3.74. The van der Waals surface area contributed by atoms with Crippen molar-refractivity contribution in [2.45, 2.75) is 18.0 Å². The van der Waals surface area contributed by atoms with Crippen molar-refractivity contribution in [3.8, 4) is 6.07 Å². The van der Waals surface area contributed by atoms with Gasteiger partial charge >= 0.3 is 0 Å². The van der Waals surface area contributed by atoms with Gasteiger partial charge in [0.05, 0.1) is 12.1 Å². The molecule has 2 aromatic rings. The van der Waals surface area contributed by atoms with Crippen molar-refractivity contribution in [2.75, 3.05) is 12.3 Å². The van der Waals surface area contributed by atoms with E-state index < -0.39 is 10.0 Å². The van der Waals surface area contributed by atoms with Crippen LogP contribution in [-0.2, 0) is 23.1 Å². The Kier molecular flexibility index (Phi) is 3.16. The van der Waals surface area contributed by atoms with Crippen LogP contribution >= 0.6 is 0 Å². The molecular weight excluding hydrogens is 290 g/mol. The third-order valence-electron chi connectivity index (χ3n) is 3.45. The molecule has 0 bridgehead atoms. The van der Waals surface area contributed by atoms with Gasteiger partial charge in [-0.15, -0.1) is 0 Å². The van der Waals surface area contributed by atoms with Crippen LogP contribution in [0.4, 0.5) is 5.69 Å². The predicted octanol–water partition coefficient (Wildman–Crippen LogP) is 0.541. The standard InChI is InChI=1S/C13H13N5O2S/c14-8-10-7-11(15)1-2-12(10)21(19,20)18-6-5-17-4-3-16-13(17)9-18/h1-4,7H,5-6,9,15H2. The summed E-state index contributed by atoms with van der Waals surface area (Å²) in [7, 11) is -3.74. The van der Waals surface area contributed by atoms with Gasteiger partial charge in [-0.05, 0) is 18.2 Å². The zero-order valence-corrected chi connectivity index (χ0v) is 11.9. The van der Waals surface area contributed by atoms with Crippen LogP contribution in [0.15, 0.2) is 35.5 Å². The molecule has 108 valence electrons. The fraction of sp³-hybridized carbons (Fsp3) is 0.231. The van der Waals surface area contributed by atoms with Crippen molar-refractivity contribution in [1.29, 1.82) is 5.26 Å². The maximum atomic E-state index is 12.7. The number of nitriles is 1. The van der Waals surface area contributed by atoms with Crippen LogP contribution in [-0.4, -0.2) is 28.8 Å². The molecule has 0 unspecified atom stereocenters. The maximum absolute atomic E-state index is 12.7. The highest BCUT2D eigenvalue weighted by Crippen LogP contribution is 2.25. The van der Waals surface area contributed by atoms with Gasteiger partial charge in [0, 0.05) is 31.2 Å². The molecule has 1 aromatic carbocycles. The lowest BCUT2D eigenvalue weighted by molar-refractivity contribution is 0.335. The van der Waals surface area contributed by atoms with Gasteiger partial charge in [0.15, 0.2) is 0 Å². The third-order valence-corrected chi connectivity index (χ3v) is 5.35. The molecule has 21 heavy (non-hydrogen) atoms. The van der Waals surface area contributed by atoms with E-state index in [0.29, 0.717) is 24.6 Å². The maximum Gasteiger partial charge on any atom is 0.244 e. The van der Waals surface area contributed by atoms with E-state index in [1.807, 2.05) is 16.8 Å². The van der Waals surface area contributed by atoms with E-state index in [1.165, 1.54) is 22.5 Å². The molecule has 2 heterocycles. The van der Waals surface area contributed by atoms with E-state index in [9.17, 15) is 8.42 Å². The van der Waals surface area contributed by atoms with Crippen LogP contribution in [0, 0.1) is 11.3 Å². The Morgan fingerprint density at radius 3 is 2.90 bits per heavy atom. The molecule has 0 radical (unpaired) electrons. The highest BCUT2D eigenvalue weighted by molar-refractivity contribution is 7.89. The molecule has 1 aliphatic rings. The Morgan fingerprint density at radius 2 is 2.14 bits per heavy atom.